The zero-order valence-electron chi connectivity index (χ0n) is 14.2. The Hall–Kier alpha value is -1.84. The van der Waals surface area contributed by atoms with E-state index < -0.39 is 0 Å². The first-order valence-electron chi connectivity index (χ1n) is 8.36. The molecule has 1 aromatic heterocycles. The fourth-order valence-corrected chi connectivity index (χ4v) is 2.74. The Kier molecular flexibility index (Phi) is 5.99. The van der Waals surface area contributed by atoms with E-state index in [1.54, 1.807) is 0 Å². The van der Waals surface area contributed by atoms with Gasteiger partial charge in [0.15, 0.2) is 0 Å². The van der Waals surface area contributed by atoms with Gasteiger partial charge in [0.25, 0.3) is 0 Å². The zero-order valence-corrected chi connectivity index (χ0v) is 14.2. The van der Waals surface area contributed by atoms with Crippen LogP contribution in [0, 0.1) is 0 Å². The van der Waals surface area contributed by atoms with E-state index in [1.807, 2.05) is 17.8 Å². The van der Waals surface area contributed by atoms with E-state index in [1.165, 1.54) is 11.1 Å². The van der Waals surface area contributed by atoms with Crippen LogP contribution in [0.2, 0.25) is 0 Å². The molecule has 4 nitrogen and oxygen atoms in total. The van der Waals surface area contributed by atoms with Gasteiger partial charge in [0.05, 0.1) is 12.3 Å². The molecular formula is C18H27N3O. The van der Waals surface area contributed by atoms with Crippen molar-refractivity contribution in [1.82, 2.24) is 15.0 Å². The van der Waals surface area contributed by atoms with Crippen LogP contribution in [-0.4, -0.2) is 21.6 Å². The minimum Gasteiger partial charge on any atom is -0.494 e. The molecule has 2 aromatic rings. The fraction of sp³-hybridized carbons (Fsp3) is 0.556. The lowest BCUT2D eigenvalue weighted by molar-refractivity contribution is 0.333. The van der Waals surface area contributed by atoms with Crippen molar-refractivity contribution in [1.29, 1.82) is 0 Å². The van der Waals surface area contributed by atoms with Crippen molar-refractivity contribution in [3.8, 4) is 5.75 Å². The highest BCUT2D eigenvalue weighted by atomic mass is 16.5. The third-order valence-electron chi connectivity index (χ3n) is 4.08. The van der Waals surface area contributed by atoms with Crippen molar-refractivity contribution in [2.45, 2.75) is 59.4 Å². The summed E-state index contributed by atoms with van der Waals surface area (Å²) in [5, 5.41) is 8.43. The molecule has 1 aromatic carbocycles. The monoisotopic (exact) mass is 301 g/mol. The van der Waals surface area contributed by atoms with Crippen LogP contribution in [0.4, 0.5) is 0 Å². The molecule has 120 valence electrons. The summed E-state index contributed by atoms with van der Waals surface area (Å²) >= 11 is 0. The normalized spacial score (nSPS) is 12.4. The average Bonchev–Trinajstić information content (AvgIpc) is 3.01. The molecule has 0 aliphatic heterocycles. The number of benzene rings is 1. The van der Waals surface area contributed by atoms with Crippen LogP contribution in [0.5, 0.6) is 5.75 Å². The molecule has 0 aliphatic rings. The van der Waals surface area contributed by atoms with Crippen LogP contribution in [0.3, 0.4) is 0 Å². The minimum atomic E-state index is 0.412. The van der Waals surface area contributed by atoms with Crippen molar-refractivity contribution in [2.75, 3.05) is 6.61 Å². The van der Waals surface area contributed by atoms with Gasteiger partial charge in [-0.2, -0.15) is 0 Å². The van der Waals surface area contributed by atoms with Crippen LogP contribution < -0.4 is 4.74 Å². The molecule has 0 radical (unpaired) electrons. The SMILES string of the molecule is CCOc1ccc(CC)cc1C(CC)Cc1cn(CC)nn1. The molecule has 1 heterocycles. The highest BCUT2D eigenvalue weighted by Crippen LogP contribution is 2.32. The molecule has 2 rings (SSSR count). The summed E-state index contributed by atoms with van der Waals surface area (Å²) in [5.41, 5.74) is 3.71. The van der Waals surface area contributed by atoms with Gasteiger partial charge in [0.1, 0.15) is 5.75 Å². The van der Waals surface area contributed by atoms with Crippen molar-refractivity contribution >= 4 is 0 Å². The first-order chi connectivity index (χ1) is 10.7. The first-order valence-corrected chi connectivity index (χ1v) is 8.36. The van der Waals surface area contributed by atoms with Crippen molar-refractivity contribution in [2.24, 2.45) is 0 Å². The minimum absolute atomic E-state index is 0.412. The summed E-state index contributed by atoms with van der Waals surface area (Å²) in [4.78, 5) is 0. The van der Waals surface area contributed by atoms with Gasteiger partial charge in [-0.1, -0.05) is 31.2 Å². The van der Waals surface area contributed by atoms with Crippen LogP contribution in [0.1, 0.15) is 56.9 Å². The van der Waals surface area contributed by atoms with Gasteiger partial charge in [0, 0.05) is 19.2 Å². The number of aromatic nitrogens is 3. The first kappa shape index (κ1) is 16.5. The largest absolute Gasteiger partial charge is 0.494 e. The molecule has 1 atom stereocenters. The van der Waals surface area contributed by atoms with Crippen LogP contribution >= 0.6 is 0 Å². The summed E-state index contributed by atoms with van der Waals surface area (Å²) in [7, 11) is 0. The van der Waals surface area contributed by atoms with Gasteiger partial charge in [0.2, 0.25) is 0 Å². The van der Waals surface area contributed by atoms with Crippen molar-refractivity contribution < 1.29 is 4.74 Å². The average molecular weight is 301 g/mol. The maximum Gasteiger partial charge on any atom is 0.122 e. The second-order valence-corrected chi connectivity index (χ2v) is 5.53. The molecule has 22 heavy (non-hydrogen) atoms. The number of hydrogen-bond donors (Lipinski definition) is 0. The molecule has 0 bridgehead atoms. The highest BCUT2D eigenvalue weighted by Gasteiger charge is 2.17. The lowest BCUT2D eigenvalue weighted by Crippen LogP contribution is -2.07. The van der Waals surface area contributed by atoms with Gasteiger partial charge >= 0.3 is 0 Å². The second kappa shape index (κ2) is 7.97. The third-order valence-corrected chi connectivity index (χ3v) is 4.08. The Balaban J connectivity index is 2.28. The number of ether oxygens (including phenoxy) is 1. The van der Waals surface area contributed by atoms with E-state index in [0.717, 1.165) is 37.3 Å². The zero-order chi connectivity index (χ0) is 15.9. The Morgan fingerprint density at radius 2 is 2.00 bits per heavy atom. The maximum absolute atomic E-state index is 5.84. The Morgan fingerprint density at radius 3 is 2.59 bits per heavy atom. The van der Waals surface area contributed by atoms with Crippen LogP contribution in [0.25, 0.3) is 0 Å². The third kappa shape index (κ3) is 3.87. The highest BCUT2D eigenvalue weighted by molar-refractivity contribution is 5.40. The Morgan fingerprint density at radius 1 is 1.18 bits per heavy atom. The summed E-state index contributed by atoms with van der Waals surface area (Å²) in [6, 6.07) is 6.57. The standard InChI is InChI=1S/C18H27N3O/c1-5-14-9-10-18(22-8-4)17(11-14)15(6-2)12-16-13-21(7-3)20-19-16/h9-11,13,15H,5-8,12H2,1-4H3. The number of aryl methyl sites for hydroxylation is 2. The lowest BCUT2D eigenvalue weighted by Gasteiger charge is -2.19. The molecule has 0 N–H and O–H groups in total. The predicted molar refractivity (Wildman–Crippen MR) is 89.4 cm³/mol. The number of nitrogens with zero attached hydrogens (tertiary/aromatic N) is 3. The lowest BCUT2D eigenvalue weighted by atomic mass is 9.90. The Bertz CT molecular complexity index is 592. The van der Waals surface area contributed by atoms with E-state index in [0.29, 0.717) is 12.5 Å². The van der Waals surface area contributed by atoms with E-state index in [9.17, 15) is 0 Å². The van der Waals surface area contributed by atoms with Gasteiger partial charge in [-0.3, -0.25) is 4.68 Å². The number of hydrogen-bond acceptors (Lipinski definition) is 3. The van der Waals surface area contributed by atoms with Crippen LogP contribution in [-0.2, 0) is 19.4 Å². The molecule has 0 amide bonds. The Labute approximate surface area is 133 Å². The fourth-order valence-electron chi connectivity index (χ4n) is 2.74. The van der Waals surface area contributed by atoms with E-state index in [4.69, 9.17) is 4.74 Å². The molecule has 0 saturated carbocycles. The summed E-state index contributed by atoms with van der Waals surface area (Å²) in [6.45, 7) is 10.1. The molecular weight excluding hydrogens is 274 g/mol. The second-order valence-electron chi connectivity index (χ2n) is 5.53. The summed E-state index contributed by atoms with van der Waals surface area (Å²) < 4.78 is 7.73. The van der Waals surface area contributed by atoms with Gasteiger partial charge in [-0.15, -0.1) is 5.10 Å². The van der Waals surface area contributed by atoms with E-state index in [2.05, 4.69) is 49.3 Å². The molecule has 0 aliphatic carbocycles. The molecule has 0 saturated heterocycles. The molecule has 1 unspecified atom stereocenters. The van der Waals surface area contributed by atoms with Gasteiger partial charge in [-0.25, -0.2) is 0 Å². The summed E-state index contributed by atoms with van der Waals surface area (Å²) in [6.07, 6.45) is 5.06. The quantitative estimate of drug-likeness (QED) is 0.740. The smallest absolute Gasteiger partial charge is 0.122 e. The van der Waals surface area contributed by atoms with E-state index in [-0.39, 0.29) is 0 Å². The van der Waals surface area contributed by atoms with Gasteiger partial charge in [-0.05, 0) is 49.8 Å². The van der Waals surface area contributed by atoms with Crippen molar-refractivity contribution in [3.05, 3.63) is 41.2 Å². The van der Waals surface area contributed by atoms with Crippen LogP contribution in [0.15, 0.2) is 24.4 Å². The summed E-state index contributed by atoms with van der Waals surface area (Å²) in [5.74, 6) is 1.42. The molecule has 0 fully saturated rings. The van der Waals surface area contributed by atoms with Crippen molar-refractivity contribution in [3.63, 3.8) is 0 Å². The molecule has 0 spiro atoms. The topological polar surface area (TPSA) is 39.9 Å². The maximum atomic E-state index is 5.84. The van der Waals surface area contributed by atoms with Gasteiger partial charge < -0.3 is 4.74 Å². The predicted octanol–water partition coefficient (Wildman–Crippen LogP) is 4.00. The number of rotatable bonds is 8. The van der Waals surface area contributed by atoms with E-state index >= 15 is 0 Å². The molecule has 4 heteroatoms.